The summed E-state index contributed by atoms with van der Waals surface area (Å²) >= 11 is 0. The van der Waals surface area contributed by atoms with Crippen LogP contribution in [0.2, 0.25) is 0 Å². The maximum Gasteiger partial charge on any atom is 0.0888 e. The van der Waals surface area contributed by atoms with Crippen molar-refractivity contribution in [1.82, 2.24) is 15.2 Å². The fourth-order valence-electron chi connectivity index (χ4n) is 2.67. The molecule has 0 aliphatic rings. The smallest absolute Gasteiger partial charge is 0.0888 e. The van der Waals surface area contributed by atoms with Gasteiger partial charge < -0.3 is 0 Å². The zero-order chi connectivity index (χ0) is 13.1. The first-order valence-electron chi connectivity index (χ1n) is 6.60. The molecule has 18 heavy (non-hydrogen) atoms. The van der Waals surface area contributed by atoms with Gasteiger partial charge in [0.25, 0.3) is 0 Å². The van der Waals surface area contributed by atoms with E-state index < -0.39 is 0 Å². The molecule has 1 unspecified atom stereocenters. The fraction of sp³-hybridized carbons (Fsp3) is 0.500. The summed E-state index contributed by atoms with van der Waals surface area (Å²) in [6.45, 7) is 4.40. The lowest BCUT2D eigenvalue weighted by molar-refractivity contribution is 0.339. The van der Waals surface area contributed by atoms with Crippen LogP contribution in [0.25, 0.3) is 10.9 Å². The minimum atomic E-state index is 0.117. The molecule has 0 saturated carbocycles. The van der Waals surface area contributed by atoms with Crippen molar-refractivity contribution in [1.29, 1.82) is 0 Å². The number of rotatable bonds is 5. The molecule has 98 valence electrons. The van der Waals surface area contributed by atoms with Crippen LogP contribution in [0.15, 0.2) is 24.3 Å². The molecule has 0 amide bonds. The summed E-state index contributed by atoms with van der Waals surface area (Å²) in [6.07, 6.45) is 2.19. The third-order valence-electron chi connectivity index (χ3n) is 3.78. The molecule has 4 heteroatoms. The zero-order valence-corrected chi connectivity index (χ0v) is 11.4. The zero-order valence-electron chi connectivity index (χ0n) is 11.4. The maximum absolute atomic E-state index is 5.76. The maximum atomic E-state index is 5.76. The average molecular weight is 246 g/mol. The minimum Gasteiger partial charge on any atom is -0.271 e. The molecule has 0 aliphatic carbocycles. The lowest BCUT2D eigenvalue weighted by atomic mass is 9.91. The molecule has 0 fully saturated rings. The predicted octanol–water partition coefficient (Wildman–Crippen LogP) is 2.51. The topological polar surface area (TPSA) is 55.9 Å². The molecule has 1 atom stereocenters. The predicted molar refractivity (Wildman–Crippen MR) is 74.9 cm³/mol. The van der Waals surface area contributed by atoms with E-state index >= 15 is 0 Å². The number of hydrazine groups is 1. The van der Waals surface area contributed by atoms with Crippen LogP contribution in [-0.2, 0) is 7.05 Å². The third-order valence-corrected chi connectivity index (χ3v) is 3.78. The largest absolute Gasteiger partial charge is 0.271 e. The quantitative estimate of drug-likeness (QED) is 0.629. The Labute approximate surface area is 108 Å². The van der Waals surface area contributed by atoms with Crippen LogP contribution in [0, 0.1) is 5.92 Å². The Morgan fingerprint density at radius 3 is 2.56 bits per heavy atom. The standard InChI is InChI=1S/C14H22N4/c1-4-10(5-2)13(16-15)14-11-8-6-7-9-12(11)18(3)17-14/h6-10,13,16H,4-5,15H2,1-3H3. The Bertz CT molecular complexity index is 513. The summed E-state index contributed by atoms with van der Waals surface area (Å²) in [5.74, 6) is 6.27. The molecule has 2 aromatic rings. The van der Waals surface area contributed by atoms with Crippen molar-refractivity contribution >= 4 is 10.9 Å². The SMILES string of the molecule is CCC(CC)C(NN)c1nn(C)c2ccccc12. The molecular weight excluding hydrogens is 224 g/mol. The van der Waals surface area contributed by atoms with Gasteiger partial charge in [-0.3, -0.25) is 16.0 Å². The summed E-state index contributed by atoms with van der Waals surface area (Å²) < 4.78 is 1.93. The van der Waals surface area contributed by atoms with Gasteiger partial charge in [0.1, 0.15) is 0 Å². The van der Waals surface area contributed by atoms with Gasteiger partial charge in [0, 0.05) is 12.4 Å². The first kappa shape index (κ1) is 13.1. The van der Waals surface area contributed by atoms with Gasteiger partial charge in [0.2, 0.25) is 0 Å². The Kier molecular flexibility index (Phi) is 3.99. The Balaban J connectivity index is 2.51. The highest BCUT2D eigenvalue weighted by atomic mass is 15.3. The van der Waals surface area contributed by atoms with Crippen molar-refractivity contribution in [3.8, 4) is 0 Å². The van der Waals surface area contributed by atoms with E-state index in [-0.39, 0.29) is 6.04 Å². The van der Waals surface area contributed by atoms with E-state index in [1.807, 2.05) is 23.9 Å². The number of nitrogens with one attached hydrogen (secondary N) is 1. The number of nitrogens with two attached hydrogens (primary N) is 1. The number of hydrogen-bond donors (Lipinski definition) is 2. The second-order valence-corrected chi connectivity index (χ2v) is 4.75. The van der Waals surface area contributed by atoms with E-state index in [1.54, 1.807) is 0 Å². The Hall–Kier alpha value is -1.39. The summed E-state index contributed by atoms with van der Waals surface area (Å²) in [5.41, 5.74) is 5.16. The van der Waals surface area contributed by atoms with Gasteiger partial charge in [-0.05, 0) is 12.0 Å². The van der Waals surface area contributed by atoms with Crippen molar-refractivity contribution in [3.63, 3.8) is 0 Å². The van der Waals surface area contributed by atoms with Crippen LogP contribution < -0.4 is 11.3 Å². The van der Waals surface area contributed by atoms with Crippen LogP contribution >= 0.6 is 0 Å². The number of para-hydroxylation sites is 1. The second-order valence-electron chi connectivity index (χ2n) is 4.75. The Morgan fingerprint density at radius 2 is 1.94 bits per heavy atom. The van der Waals surface area contributed by atoms with Gasteiger partial charge in [-0.15, -0.1) is 0 Å². The summed E-state index contributed by atoms with van der Waals surface area (Å²) in [7, 11) is 1.98. The molecule has 1 heterocycles. The van der Waals surface area contributed by atoms with Crippen molar-refractivity contribution in [2.24, 2.45) is 18.8 Å². The number of hydrogen-bond acceptors (Lipinski definition) is 3. The van der Waals surface area contributed by atoms with Crippen LogP contribution in [-0.4, -0.2) is 9.78 Å². The number of aromatic nitrogens is 2. The number of benzene rings is 1. The molecule has 0 saturated heterocycles. The lowest BCUT2D eigenvalue weighted by Gasteiger charge is -2.23. The monoisotopic (exact) mass is 246 g/mol. The van der Waals surface area contributed by atoms with Gasteiger partial charge in [0.15, 0.2) is 0 Å². The van der Waals surface area contributed by atoms with Gasteiger partial charge in [-0.2, -0.15) is 5.10 Å². The molecule has 1 aromatic heterocycles. The molecule has 4 nitrogen and oxygen atoms in total. The van der Waals surface area contributed by atoms with Crippen molar-refractivity contribution in [2.75, 3.05) is 0 Å². The van der Waals surface area contributed by atoms with Crippen molar-refractivity contribution in [2.45, 2.75) is 32.7 Å². The van der Waals surface area contributed by atoms with Crippen molar-refractivity contribution < 1.29 is 0 Å². The first-order chi connectivity index (χ1) is 8.72. The molecule has 0 bridgehead atoms. The third kappa shape index (κ3) is 2.13. The van der Waals surface area contributed by atoms with Gasteiger partial charge in [-0.1, -0.05) is 44.9 Å². The highest BCUT2D eigenvalue weighted by Crippen LogP contribution is 2.30. The molecular formula is C14H22N4. The summed E-state index contributed by atoms with van der Waals surface area (Å²) in [4.78, 5) is 0. The van der Waals surface area contributed by atoms with E-state index in [0.29, 0.717) is 5.92 Å². The molecule has 0 radical (unpaired) electrons. The number of nitrogens with zero attached hydrogens (tertiary/aromatic N) is 2. The first-order valence-corrected chi connectivity index (χ1v) is 6.60. The van der Waals surface area contributed by atoms with Crippen LogP contribution in [0.3, 0.4) is 0 Å². The molecule has 2 rings (SSSR count). The van der Waals surface area contributed by atoms with Gasteiger partial charge in [-0.25, -0.2) is 0 Å². The normalized spacial score (nSPS) is 13.4. The molecule has 0 spiro atoms. The second kappa shape index (κ2) is 5.50. The average Bonchev–Trinajstić information content (AvgIpc) is 2.74. The van der Waals surface area contributed by atoms with Crippen LogP contribution in [0.5, 0.6) is 0 Å². The van der Waals surface area contributed by atoms with Crippen LogP contribution in [0.1, 0.15) is 38.4 Å². The van der Waals surface area contributed by atoms with E-state index in [0.717, 1.165) is 24.1 Å². The van der Waals surface area contributed by atoms with Crippen molar-refractivity contribution in [3.05, 3.63) is 30.0 Å². The molecule has 1 aromatic carbocycles. The van der Waals surface area contributed by atoms with Gasteiger partial charge >= 0.3 is 0 Å². The molecule has 0 aliphatic heterocycles. The van der Waals surface area contributed by atoms with Gasteiger partial charge in [0.05, 0.1) is 17.3 Å². The lowest BCUT2D eigenvalue weighted by Crippen LogP contribution is -2.33. The Morgan fingerprint density at radius 1 is 1.28 bits per heavy atom. The van der Waals surface area contributed by atoms with E-state index in [4.69, 9.17) is 5.84 Å². The van der Waals surface area contributed by atoms with E-state index in [9.17, 15) is 0 Å². The highest BCUT2D eigenvalue weighted by Gasteiger charge is 2.24. The summed E-state index contributed by atoms with van der Waals surface area (Å²) in [6, 6.07) is 8.41. The molecule has 3 N–H and O–H groups in total. The highest BCUT2D eigenvalue weighted by molar-refractivity contribution is 5.82. The minimum absolute atomic E-state index is 0.117. The van der Waals surface area contributed by atoms with E-state index in [2.05, 4.69) is 36.5 Å². The van der Waals surface area contributed by atoms with E-state index in [1.165, 1.54) is 5.39 Å². The fourth-order valence-corrected chi connectivity index (χ4v) is 2.67. The van der Waals surface area contributed by atoms with Crippen LogP contribution in [0.4, 0.5) is 0 Å². The number of fused-ring (bicyclic) bond motifs is 1. The summed E-state index contributed by atoms with van der Waals surface area (Å²) in [5, 5.41) is 5.84. The number of aryl methyl sites for hydroxylation is 1.